The summed E-state index contributed by atoms with van der Waals surface area (Å²) in [5, 5.41) is 5.08. The Labute approximate surface area is 144 Å². The Morgan fingerprint density at radius 1 is 1.22 bits per heavy atom. The molecule has 128 valence electrons. The molecule has 1 saturated carbocycles. The zero-order valence-electron chi connectivity index (χ0n) is 14.1. The van der Waals surface area contributed by atoms with Crippen LogP contribution in [-0.2, 0) is 0 Å². The summed E-state index contributed by atoms with van der Waals surface area (Å²) in [6, 6.07) is 3.84. The molecule has 1 amide bonds. The fraction of sp³-hybridized carbons (Fsp3) is 0.737. The number of hydrogen-bond acceptors (Lipinski definition) is 3. The SMILES string of the molecule is O=C(NC[C@@H]1CCCN(CCCC2CCCC2)C1)c1cccs1. The number of hydrogen-bond donors (Lipinski definition) is 1. The number of rotatable bonds is 7. The van der Waals surface area contributed by atoms with E-state index in [9.17, 15) is 4.79 Å². The van der Waals surface area contributed by atoms with Crippen LogP contribution in [0.25, 0.3) is 0 Å². The average molecular weight is 335 g/mol. The zero-order chi connectivity index (χ0) is 15.9. The van der Waals surface area contributed by atoms with Gasteiger partial charge in [0.05, 0.1) is 4.88 Å². The third-order valence-corrected chi connectivity index (χ3v) is 6.33. The fourth-order valence-corrected chi connectivity index (χ4v) is 4.80. The lowest BCUT2D eigenvalue weighted by atomic mass is 9.96. The summed E-state index contributed by atoms with van der Waals surface area (Å²) in [6.07, 6.45) is 11.2. The molecule has 4 heteroatoms. The van der Waals surface area contributed by atoms with E-state index in [0.717, 1.165) is 23.9 Å². The molecule has 0 unspecified atom stereocenters. The fourth-order valence-electron chi connectivity index (χ4n) is 4.16. The standard InChI is InChI=1S/C19H30N2OS/c22-19(18-10-5-13-23-18)20-14-17-9-4-12-21(15-17)11-3-8-16-6-1-2-7-16/h5,10,13,16-17H,1-4,6-9,11-12,14-15H2,(H,20,22)/t17-/m0/s1. The van der Waals surface area contributed by atoms with E-state index in [1.165, 1.54) is 75.8 Å². The lowest BCUT2D eigenvalue weighted by Gasteiger charge is -2.33. The lowest BCUT2D eigenvalue weighted by molar-refractivity contribution is 0.0935. The molecule has 23 heavy (non-hydrogen) atoms. The predicted molar refractivity (Wildman–Crippen MR) is 97.0 cm³/mol. The van der Waals surface area contributed by atoms with Crippen LogP contribution in [0.1, 0.15) is 61.0 Å². The van der Waals surface area contributed by atoms with E-state index >= 15 is 0 Å². The molecular formula is C19H30N2OS. The molecule has 1 aliphatic carbocycles. The highest BCUT2D eigenvalue weighted by atomic mass is 32.1. The van der Waals surface area contributed by atoms with E-state index in [1.54, 1.807) is 0 Å². The molecule has 2 aliphatic rings. The highest BCUT2D eigenvalue weighted by molar-refractivity contribution is 7.12. The quantitative estimate of drug-likeness (QED) is 0.812. The first-order chi connectivity index (χ1) is 11.3. The molecule has 3 nitrogen and oxygen atoms in total. The van der Waals surface area contributed by atoms with E-state index in [0.29, 0.717) is 5.92 Å². The summed E-state index contributed by atoms with van der Waals surface area (Å²) >= 11 is 1.52. The molecule has 3 rings (SSSR count). The molecule has 2 fully saturated rings. The van der Waals surface area contributed by atoms with Gasteiger partial charge in [0.1, 0.15) is 0 Å². The average Bonchev–Trinajstić information content (AvgIpc) is 3.26. The minimum Gasteiger partial charge on any atom is -0.351 e. The van der Waals surface area contributed by atoms with Crippen molar-refractivity contribution in [3.8, 4) is 0 Å². The van der Waals surface area contributed by atoms with Crippen molar-refractivity contribution < 1.29 is 4.79 Å². The molecule has 1 N–H and O–H groups in total. The van der Waals surface area contributed by atoms with Crippen LogP contribution in [0, 0.1) is 11.8 Å². The Balaban J connectivity index is 1.33. The van der Waals surface area contributed by atoms with Gasteiger partial charge in [0.25, 0.3) is 5.91 Å². The first-order valence-electron chi connectivity index (χ1n) is 9.35. The van der Waals surface area contributed by atoms with Crippen LogP contribution in [0.2, 0.25) is 0 Å². The summed E-state index contributed by atoms with van der Waals surface area (Å²) in [5.41, 5.74) is 0. The van der Waals surface area contributed by atoms with Crippen molar-refractivity contribution >= 4 is 17.2 Å². The van der Waals surface area contributed by atoms with Gasteiger partial charge in [0, 0.05) is 13.1 Å². The molecule has 0 radical (unpaired) electrons. The zero-order valence-corrected chi connectivity index (χ0v) is 15.0. The number of thiophene rings is 1. The second-order valence-electron chi connectivity index (χ2n) is 7.29. The normalized spacial score (nSPS) is 23.2. The van der Waals surface area contributed by atoms with E-state index in [1.807, 2.05) is 17.5 Å². The number of piperidine rings is 1. The first kappa shape index (κ1) is 17.0. The van der Waals surface area contributed by atoms with Gasteiger partial charge in [-0.3, -0.25) is 4.79 Å². The van der Waals surface area contributed by atoms with Crippen LogP contribution in [-0.4, -0.2) is 37.0 Å². The van der Waals surface area contributed by atoms with Crippen molar-refractivity contribution in [2.45, 2.75) is 51.4 Å². The lowest BCUT2D eigenvalue weighted by Crippen LogP contribution is -2.41. The Kier molecular flexibility index (Phi) is 6.52. The van der Waals surface area contributed by atoms with E-state index in [2.05, 4.69) is 10.2 Å². The van der Waals surface area contributed by atoms with Crippen LogP contribution in [0.3, 0.4) is 0 Å². The molecule has 0 spiro atoms. The predicted octanol–water partition coefficient (Wildman–Crippen LogP) is 4.16. The monoisotopic (exact) mass is 334 g/mol. The van der Waals surface area contributed by atoms with Gasteiger partial charge >= 0.3 is 0 Å². The van der Waals surface area contributed by atoms with Crippen molar-refractivity contribution in [3.05, 3.63) is 22.4 Å². The van der Waals surface area contributed by atoms with Crippen molar-refractivity contribution in [2.24, 2.45) is 11.8 Å². The summed E-state index contributed by atoms with van der Waals surface area (Å²) in [4.78, 5) is 15.5. The van der Waals surface area contributed by atoms with Crippen LogP contribution in [0.15, 0.2) is 17.5 Å². The van der Waals surface area contributed by atoms with Crippen molar-refractivity contribution in [2.75, 3.05) is 26.2 Å². The number of carbonyl (C=O) groups is 1. The molecule has 1 aromatic rings. The van der Waals surface area contributed by atoms with Crippen LogP contribution in [0.4, 0.5) is 0 Å². The van der Waals surface area contributed by atoms with Gasteiger partial charge < -0.3 is 10.2 Å². The maximum Gasteiger partial charge on any atom is 0.261 e. The topological polar surface area (TPSA) is 32.3 Å². The largest absolute Gasteiger partial charge is 0.351 e. The van der Waals surface area contributed by atoms with Gasteiger partial charge in [-0.25, -0.2) is 0 Å². The highest BCUT2D eigenvalue weighted by Crippen LogP contribution is 2.28. The maximum absolute atomic E-state index is 12.0. The van der Waals surface area contributed by atoms with E-state index in [4.69, 9.17) is 0 Å². The number of nitrogens with zero attached hydrogens (tertiary/aromatic N) is 1. The van der Waals surface area contributed by atoms with Crippen LogP contribution < -0.4 is 5.32 Å². The summed E-state index contributed by atoms with van der Waals surface area (Å²) < 4.78 is 0. The minimum absolute atomic E-state index is 0.0957. The smallest absolute Gasteiger partial charge is 0.261 e. The van der Waals surface area contributed by atoms with E-state index in [-0.39, 0.29) is 5.91 Å². The molecule has 1 aliphatic heterocycles. The minimum atomic E-state index is 0.0957. The number of likely N-dealkylation sites (tertiary alicyclic amines) is 1. The van der Waals surface area contributed by atoms with Gasteiger partial charge in [-0.15, -0.1) is 11.3 Å². The Bertz CT molecular complexity index is 468. The summed E-state index contributed by atoms with van der Waals surface area (Å²) in [6.45, 7) is 4.50. The van der Waals surface area contributed by atoms with Gasteiger partial charge in [-0.2, -0.15) is 0 Å². The molecular weight excluding hydrogens is 304 g/mol. The first-order valence-corrected chi connectivity index (χ1v) is 10.2. The Morgan fingerprint density at radius 3 is 2.83 bits per heavy atom. The third-order valence-electron chi connectivity index (χ3n) is 5.46. The Morgan fingerprint density at radius 2 is 2.04 bits per heavy atom. The van der Waals surface area contributed by atoms with Crippen LogP contribution in [0.5, 0.6) is 0 Å². The van der Waals surface area contributed by atoms with Gasteiger partial charge in [0.15, 0.2) is 0 Å². The number of nitrogens with one attached hydrogen (secondary N) is 1. The molecule has 2 heterocycles. The summed E-state index contributed by atoms with van der Waals surface area (Å²) in [7, 11) is 0. The highest BCUT2D eigenvalue weighted by Gasteiger charge is 2.21. The number of amides is 1. The van der Waals surface area contributed by atoms with Gasteiger partial charge in [-0.05, 0) is 62.1 Å². The Hall–Kier alpha value is -0.870. The van der Waals surface area contributed by atoms with E-state index < -0.39 is 0 Å². The molecule has 0 bridgehead atoms. The van der Waals surface area contributed by atoms with Crippen LogP contribution >= 0.6 is 11.3 Å². The molecule has 1 atom stereocenters. The molecule has 1 aromatic heterocycles. The third kappa shape index (κ3) is 5.32. The second-order valence-corrected chi connectivity index (χ2v) is 8.24. The van der Waals surface area contributed by atoms with Gasteiger partial charge in [0.2, 0.25) is 0 Å². The molecule has 0 aromatic carbocycles. The van der Waals surface area contributed by atoms with Crippen molar-refractivity contribution in [1.29, 1.82) is 0 Å². The maximum atomic E-state index is 12.0. The van der Waals surface area contributed by atoms with Crippen molar-refractivity contribution in [1.82, 2.24) is 10.2 Å². The van der Waals surface area contributed by atoms with Crippen molar-refractivity contribution in [3.63, 3.8) is 0 Å². The molecule has 1 saturated heterocycles. The second kappa shape index (κ2) is 8.84. The summed E-state index contributed by atoms with van der Waals surface area (Å²) in [5.74, 6) is 1.73. The number of carbonyl (C=O) groups excluding carboxylic acids is 1. The van der Waals surface area contributed by atoms with Gasteiger partial charge in [-0.1, -0.05) is 31.7 Å².